The summed E-state index contributed by atoms with van der Waals surface area (Å²) in [6.07, 6.45) is 4.35. The highest BCUT2D eigenvalue weighted by Gasteiger charge is 2.14. The second kappa shape index (κ2) is 12.2. The Bertz CT molecular complexity index is 2430. The van der Waals surface area contributed by atoms with Crippen molar-refractivity contribution in [3.63, 3.8) is 0 Å². The van der Waals surface area contributed by atoms with Crippen LogP contribution < -0.4 is 11.1 Å². The van der Waals surface area contributed by atoms with Crippen LogP contribution in [0.3, 0.4) is 0 Å². The molecule has 2 aromatic carbocycles. The quantitative estimate of drug-likeness (QED) is 0.194. The number of furan rings is 2. The second-order valence-corrected chi connectivity index (χ2v) is 11.6. The van der Waals surface area contributed by atoms with E-state index in [0.717, 1.165) is 58.2 Å². The van der Waals surface area contributed by atoms with Crippen molar-refractivity contribution >= 4 is 55.6 Å². The van der Waals surface area contributed by atoms with Crippen molar-refractivity contribution in [2.75, 3.05) is 5.88 Å². The number of alkyl halides is 1. The third-order valence-electron chi connectivity index (χ3n) is 7.88. The Kier molecular flexibility index (Phi) is 7.79. The molecule has 232 valence electrons. The van der Waals surface area contributed by atoms with E-state index in [1.165, 1.54) is 0 Å². The number of hydrogen-bond acceptors (Lipinski definition) is 6. The Morgan fingerprint density at radius 1 is 0.761 bits per heavy atom. The molecule has 0 aliphatic heterocycles. The maximum absolute atomic E-state index is 12.7. The first-order valence-electron chi connectivity index (χ1n) is 15.0. The number of rotatable bonds is 7. The molecule has 6 aromatic heterocycles. The summed E-state index contributed by atoms with van der Waals surface area (Å²) in [4.78, 5) is 37.6. The molecule has 10 nitrogen and oxygen atoms in total. The normalized spacial score (nSPS) is 11.5. The molecule has 0 fully saturated rings. The number of nitrogens with one attached hydrogen (secondary N) is 1. The molecule has 0 radical (unpaired) electrons. The van der Waals surface area contributed by atoms with Crippen LogP contribution in [-0.4, -0.2) is 34.5 Å². The molecule has 0 amide bonds. The SMILES string of the molecule is Cc1cc2c(=O)n(Cc3nc4ccccc4[nH]3)ccc2o1.Cc1cc2c(=O)n(Cc3nc4ccccc4n3CCCCl)ccc2o1. The average Bonchev–Trinajstić information content (AvgIpc) is 3.82. The molecular weight excluding hydrogens is 604 g/mol. The smallest absolute Gasteiger partial charge is 0.262 e. The van der Waals surface area contributed by atoms with Crippen LogP contribution in [-0.2, 0) is 19.6 Å². The van der Waals surface area contributed by atoms with Gasteiger partial charge in [-0.2, -0.15) is 0 Å². The summed E-state index contributed by atoms with van der Waals surface area (Å²) in [5.41, 5.74) is 4.99. The number of nitrogens with zero attached hydrogens (tertiary/aromatic N) is 5. The van der Waals surface area contributed by atoms with E-state index >= 15 is 0 Å². The maximum atomic E-state index is 12.7. The first-order valence-corrected chi connectivity index (χ1v) is 15.5. The van der Waals surface area contributed by atoms with Gasteiger partial charge in [0.1, 0.15) is 34.3 Å². The minimum Gasteiger partial charge on any atom is -0.461 e. The molecule has 1 N–H and O–H groups in total. The van der Waals surface area contributed by atoms with Gasteiger partial charge in [-0.25, -0.2) is 9.97 Å². The summed E-state index contributed by atoms with van der Waals surface area (Å²) in [6, 6.07) is 23.0. The van der Waals surface area contributed by atoms with Gasteiger partial charge in [0.15, 0.2) is 0 Å². The predicted octanol–water partition coefficient (Wildman–Crippen LogP) is 6.76. The Morgan fingerprint density at radius 3 is 2.02 bits per heavy atom. The standard InChI is InChI=1S/C19H18ClN3O2.C16H13N3O2/c1-13-11-14-17(25-13)7-10-22(19(14)24)12-18-21-15-5-2-3-6-16(15)23(18)9-4-8-20;1-10-8-11-14(21-10)6-7-19(16(11)20)9-15-17-12-4-2-3-5-13(12)18-15/h2-3,5-7,10-11H,4,8-9,12H2,1H3;2-8H,9H2,1H3,(H,17,18). The van der Waals surface area contributed by atoms with Gasteiger partial charge in [-0.05, 0) is 68.8 Å². The molecule has 0 saturated carbocycles. The van der Waals surface area contributed by atoms with Crippen LogP contribution >= 0.6 is 11.6 Å². The third-order valence-corrected chi connectivity index (χ3v) is 8.15. The lowest BCUT2D eigenvalue weighted by molar-refractivity contribution is 0.576. The largest absolute Gasteiger partial charge is 0.461 e. The average molecular weight is 635 g/mol. The number of para-hydroxylation sites is 4. The minimum atomic E-state index is -0.0650. The van der Waals surface area contributed by atoms with Crippen LogP contribution in [0.15, 0.2) is 104 Å². The van der Waals surface area contributed by atoms with Crippen LogP contribution in [0.4, 0.5) is 0 Å². The van der Waals surface area contributed by atoms with E-state index in [4.69, 9.17) is 25.4 Å². The van der Waals surface area contributed by atoms with Crippen LogP contribution in [0.25, 0.3) is 44.0 Å². The van der Waals surface area contributed by atoms with Crippen molar-refractivity contribution < 1.29 is 8.83 Å². The van der Waals surface area contributed by atoms with E-state index in [1.54, 1.807) is 33.7 Å². The fourth-order valence-corrected chi connectivity index (χ4v) is 5.88. The number of benzene rings is 2. The molecule has 0 spiro atoms. The van der Waals surface area contributed by atoms with Gasteiger partial charge in [-0.3, -0.25) is 9.59 Å². The summed E-state index contributed by atoms with van der Waals surface area (Å²) in [5, 5.41) is 1.20. The molecule has 0 saturated heterocycles. The summed E-state index contributed by atoms with van der Waals surface area (Å²) < 4.78 is 16.5. The topological polar surface area (TPSA) is 117 Å². The van der Waals surface area contributed by atoms with Crippen molar-refractivity contribution in [3.05, 3.63) is 129 Å². The van der Waals surface area contributed by atoms with Crippen molar-refractivity contribution in [3.8, 4) is 0 Å². The molecule has 0 aliphatic rings. The highest BCUT2D eigenvalue weighted by Crippen LogP contribution is 2.19. The lowest BCUT2D eigenvalue weighted by atomic mass is 10.3. The molecule has 8 aromatic rings. The van der Waals surface area contributed by atoms with E-state index in [2.05, 4.69) is 14.5 Å². The summed E-state index contributed by atoms with van der Waals surface area (Å²) in [7, 11) is 0. The van der Waals surface area contributed by atoms with Gasteiger partial charge in [0, 0.05) is 24.8 Å². The maximum Gasteiger partial charge on any atom is 0.262 e. The zero-order chi connectivity index (χ0) is 31.8. The van der Waals surface area contributed by atoms with Gasteiger partial charge in [0.2, 0.25) is 0 Å². The lowest BCUT2D eigenvalue weighted by Gasteiger charge is -2.10. The number of aromatic amines is 1. The number of halogens is 1. The van der Waals surface area contributed by atoms with E-state index < -0.39 is 0 Å². The number of fused-ring (bicyclic) bond motifs is 4. The van der Waals surface area contributed by atoms with Crippen LogP contribution in [0.1, 0.15) is 29.6 Å². The molecule has 46 heavy (non-hydrogen) atoms. The van der Waals surface area contributed by atoms with Gasteiger partial charge < -0.3 is 27.5 Å². The van der Waals surface area contributed by atoms with Crippen LogP contribution in [0.5, 0.6) is 0 Å². The molecule has 0 unspecified atom stereocenters. The first-order chi connectivity index (χ1) is 22.4. The molecule has 6 heterocycles. The minimum absolute atomic E-state index is 0.0645. The van der Waals surface area contributed by atoms with Crippen molar-refractivity contribution in [2.45, 2.75) is 39.9 Å². The molecule has 0 bridgehead atoms. The highest BCUT2D eigenvalue weighted by atomic mass is 35.5. The van der Waals surface area contributed by atoms with Crippen LogP contribution in [0, 0.1) is 13.8 Å². The van der Waals surface area contributed by atoms with Crippen LogP contribution in [0.2, 0.25) is 0 Å². The van der Waals surface area contributed by atoms with E-state index in [-0.39, 0.29) is 11.1 Å². The summed E-state index contributed by atoms with van der Waals surface area (Å²) in [6.45, 7) is 5.28. The number of hydrogen-bond donors (Lipinski definition) is 1. The van der Waals surface area contributed by atoms with Crippen molar-refractivity contribution in [2.24, 2.45) is 0 Å². The number of H-pyrrole nitrogens is 1. The fraction of sp³-hybridized carbons (Fsp3) is 0.200. The summed E-state index contributed by atoms with van der Waals surface area (Å²) >= 11 is 5.88. The third kappa shape index (κ3) is 5.63. The molecular formula is C35H31ClN6O4. The highest BCUT2D eigenvalue weighted by molar-refractivity contribution is 6.17. The van der Waals surface area contributed by atoms with Gasteiger partial charge in [-0.1, -0.05) is 24.3 Å². The Morgan fingerprint density at radius 2 is 1.37 bits per heavy atom. The molecule has 0 atom stereocenters. The van der Waals surface area contributed by atoms with Gasteiger partial charge in [0.05, 0.1) is 45.9 Å². The van der Waals surface area contributed by atoms with Crippen molar-refractivity contribution in [1.29, 1.82) is 0 Å². The summed E-state index contributed by atoms with van der Waals surface area (Å²) in [5.74, 6) is 3.68. The van der Waals surface area contributed by atoms with Gasteiger partial charge >= 0.3 is 0 Å². The Hall–Kier alpha value is -5.35. The van der Waals surface area contributed by atoms with Crippen molar-refractivity contribution in [1.82, 2.24) is 28.7 Å². The predicted molar refractivity (Wildman–Crippen MR) is 180 cm³/mol. The number of pyridine rings is 2. The number of aromatic nitrogens is 6. The first kappa shape index (κ1) is 29.4. The van der Waals surface area contributed by atoms with Gasteiger partial charge in [0.25, 0.3) is 11.1 Å². The Balaban J connectivity index is 0.000000149. The molecule has 0 aliphatic carbocycles. The lowest BCUT2D eigenvalue weighted by Crippen LogP contribution is -2.21. The fourth-order valence-electron chi connectivity index (χ4n) is 5.76. The molecule has 11 heteroatoms. The van der Waals surface area contributed by atoms with E-state index in [0.29, 0.717) is 40.9 Å². The monoisotopic (exact) mass is 634 g/mol. The zero-order valence-electron chi connectivity index (χ0n) is 25.4. The Labute approximate surface area is 267 Å². The molecule has 8 rings (SSSR count). The number of imidazole rings is 2. The van der Waals surface area contributed by atoms with E-state index in [1.807, 2.05) is 74.5 Å². The zero-order valence-corrected chi connectivity index (χ0v) is 26.1. The van der Waals surface area contributed by atoms with E-state index in [9.17, 15) is 9.59 Å². The second-order valence-electron chi connectivity index (χ2n) is 11.2. The van der Waals surface area contributed by atoms with Gasteiger partial charge in [-0.15, -0.1) is 11.6 Å². The number of aryl methyl sites for hydroxylation is 3.